The van der Waals surface area contributed by atoms with Crippen LogP contribution in [0, 0.1) is 0 Å². The van der Waals surface area contributed by atoms with E-state index < -0.39 is 5.97 Å². The summed E-state index contributed by atoms with van der Waals surface area (Å²) in [6.07, 6.45) is 2.02. The zero-order valence-electron chi connectivity index (χ0n) is 16.8. The van der Waals surface area contributed by atoms with Gasteiger partial charge in [0.2, 0.25) is 0 Å². The highest BCUT2D eigenvalue weighted by Crippen LogP contribution is 2.20. The first kappa shape index (κ1) is 20.8. The maximum Gasteiger partial charge on any atom is 0.337 e. The average molecular weight is 413 g/mol. The second-order valence-electron chi connectivity index (χ2n) is 6.45. The smallest absolute Gasteiger partial charge is 0.337 e. The predicted octanol–water partition coefficient (Wildman–Crippen LogP) is 4.43. The van der Waals surface area contributed by atoms with Crippen LogP contribution in [-0.4, -0.2) is 30.2 Å². The summed E-state index contributed by atoms with van der Waals surface area (Å²) in [7, 11) is 1.35. The first-order valence-electron chi connectivity index (χ1n) is 9.61. The number of benzene rings is 2. The molecule has 1 amide bonds. The number of hydrogen-bond acceptors (Lipinski definition) is 5. The third kappa shape index (κ3) is 4.74. The Bertz CT molecular complexity index is 1100. The Hall–Kier alpha value is -2.93. The van der Waals surface area contributed by atoms with Crippen LogP contribution < -0.4 is 9.54 Å². The molecule has 2 aromatic carbocycles. The maximum absolute atomic E-state index is 12.8. The number of carbonyl (C=O) groups is 2. The van der Waals surface area contributed by atoms with Crippen LogP contribution in [0.3, 0.4) is 0 Å². The minimum absolute atomic E-state index is 0.326. The van der Waals surface area contributed by atoms with E-state index in [4.69, 9.17) is 9.47 Å². The SMILES string of the molecule is CCCCOc1cccc(C(=O)N=c2sc3cc(C(=O)OC)ccc3n2CC)c1. The number of esters is 1. The number of aryl methyl sites for hydroxylation is 1. The van der Waals surface area contributed by atoms with Crippen molar-refractivity contribution in [2.75, 3.05) is 13.7 Å². The van der Waals surface area contributed by atoms with Crippen LogP contribution in [0.25, 0.3) is 10.2 Å². The normalized spacial score (nSPS) is 11.6. The van der Waals surface area contributed by atoms with E-state index >= 15 is 0 Å². The summed E-state index contributed by atoms with van der Waals surface area (Å²) < 4.78 is 13.3. The van der Waals surface area contributed by atoms with Gasteiger partial charge in [-0.25, -0.2) is 4.79 Å². The second-order valence-corrected chi connectivity index (χ2v) is 7.46. The fraction of sp³-hybridized carbons (Fsp3) is 0.318. The van der Waals surface area contributed by atoms with Crippen molar-refractivity contribution in [1.82, 2.24) is 4.57 Å². The number of unbranched alkanes of at least 4 members (excludes halogenated alkanes) is 1. The Morgan fingerprint density at radius 2 is 1.93 bits per heavy atom. The fourth-order valence-corrected chi connectivity index (χ4v) is 4.05. The van der Waals surface area contributed by atoms with E-state index in [9.17, 15) is 9.59 Å². The largest absolute Gasteiger partial charge is 0.494 e. The van der Waals surface area contributed by atoms with Gasteiger partial charge in [0, 0.05) is 12.1 Å². The van der Waals surface area contributed by atoms with Gasteiger partial charge in [-0.2, -0.15) is 4.99 Å². The van der Waals surface area contributed by atoms with E-state index in [1.807, 2.05) is 23.6 Å². The van der Waals surface area contributed by atoms with E-state index in [2.05, 4.69) is 11.9 Å². The van der Waals surface area contributed by atoms with Crippen molar-refractivity contribution in [3.63, 3.8) is 0 Å². The Labute approximate surface area is 173 Å². The molecule has 0 saturated heterocycles. The molecule has 0 bridgehead atoms. The molecular weight excluding hydrogens is 388 g/mol. The summed E-state index contributed by atoms with van der Waals surface area (Å²) in [6.45, 7) is 5.38. The van der Waals surface area contributed by atoms with E-state index in [0.29, 0.717) is 34.8 Å². The van der Waals surface area contributed by atoms with Gasteiger partial charge in [0.25, 0.3) is 5.91 Å². The highest BCUT2D eigenvalue weighted by molar-refractivity contribution is 7.16. The van der Waals surface area contributed by atoms with Crippen molar-refractivity contribution >= 4 is 33.4 Å². The Morgan fingerprint density at radius 1 is 1.10 bits per heavy atom. The van der Waals surface area contributed by atoms with E-state index in [-0.39, 0.29) is 5.91 Å². The van der Waals surface area contributed by atoms with Crippen molar-refractivity contribution in [3.8, 4) is 5.75 Å². The number of fused-ring (bicyclic) bond motifs is 1. The number of nitrogens with zero attached hydrogens (tertiary/aromatic N) is 2. The highest BCUT2D eigenvalue weighted by Gasteiger charge is 2.12. The van der Waals surface area contributed by atoms with Gasteiger partial charge in [-0.3, -0.25) is 4.79 Å². The van der Waals surface area contributed by atoms with Crippen LogP contribution in [-0.2, 0) is 11.3 Å². The lowest BCUT2D eigenvalue weighted by molar-refractivity contribution is 0.0601. The van der Waals surface area contributed by atoms with Crippen molar-refractivity contribution in [2.45, 2.75) is 33.2 Å². The first-order valence-corrected chi connectivity index (χ1v) is 10.4. The van der Waals surface area contributed by atoms with Crippen LogP contribution in [0.4, 0.5) is 0 Å². The maximum atomic E-state index is 12.8. The van der Waals surface area contributed by atoms with Gasteiger partial charge in [0.05, 0.1) is 29.5 Å². The topological polar surface area (TPSA) is 69.9 Å². The molecule has 0 radical (unpaired) electrons. The summed E-state index contributed by atoms with van der Waals surface area (Å²) in [6, 6.07) is 12.4. The Kier molecular flexibility index (Phi) is 6.82. The van der Waals surface area contributed by atoms with Crippen LogP contribution in [0.15, 0.2) is 47.5 Å². The Balaban J connectivity index is 1.95. The molecule has 0 aliphatic carbocycles. The molecule has 6 nitrogen and oxygen atoms in total. The molecule has 1 aromatic heterocycles. The van der Waals surface area contributed by atoms with Gasteiger partial charge in [-0.1, -0.05) is 30.7 Å². The molecule has 0 saturated carbocycles. The molecule has 0 aliphatic heterocycles. The second kappa shape index (κ2) is 9.52. The van der Waals surface area contributed by atoms with Crippen LogP contribution in [0.5, 0.6) is 5.75 Å². The number of hydrogen-bond donors (Lipinski definition) is 0. The predicted molar refractivity (Wildman–Crippen MR) is 114 cm³/mol. The van der Waals surface area contributed by atoms with E-state index in [1.54, 1.807) is 30.3 Å². The lowest BCUT2D eigenvalue weighted by Crippen LogP contribution is -2.16. The molecule has 152 valence electrons. The average Bonchev–Trinajstić information content (AvgIpc) is 3.09. The van der Waals surface area contributed by atoms with Gasteiger partial charge in [0.15, 0.2) is 4.80 Å². The van der Waals surface area contributed by atoms with Gasteiger partial charge >= 0.3 is 5.97 Å². The molecule has 0 unspecified atom stereocenters. The van der Waals surface area contributed by atoms with Gasteiger partial charge in [-0.15, -0.1) is 0 Å². The quantitative estimate of drug-likeness (QED) is 0.425. The standard InChI is InChI=1S/C22H24N2O4S/c1-4-6-12-28-17-9-7-8-15(13-17)20(25)23-22-24(5-2)18-11-10-16(21(26)27-3)14-19(18)29-22/h7-11,13-14H,4-6,12H2,1-3H3. The summed E-state index contributed by atoms with van der Waals surface area (Å²) >= 11 is 1.37. The van der Waals surface area contributed by atoms with Crippen LogP contribution >= 0.6 is 11.3 Å². The van der Waals surface area contributed by atoms with E-state index in [1.165, 1.54) is 18.4 Å². The van der Waals surface area contributed by atoms with Gasteiger partial charge < -0.3 is 14.0 Å². The van der Waals surface area contributed by atoms with Crippen molar-refractivity contribution in [2.24, 2.45) is 4.99 Å². The summed E-state index contributed by atoms with van der Waals surface area (Å²) in [5.41, 5.74) is 1.88. The van der Waals surface area contributed by atoms with Crippen molar-refractivity contribution in [1.29, 1.82) is 0 Å². The number of rotatable bonds is 7. The number of carbonyl (C=O) groups excluding carboxylic acids is 2. The molecule has 7 heteroatoms. The zero-order valence-corrected chi connectivity index (χ0v) is 17.6. The van der Waals surface area contributed by atoms with E-state index in [0.717, 1.165) is 23.1 Å². The number of thiazole rings is 1. The molecule has 3 rings (SSSR count). The molecule has 3 aromatic rings. The molecule has 1 heterocycles. The first-order chi connectivity index (χ1) is 14.1. The number of methoxy groups -OCH3 is 1. The minimum atomic E-state index is -0.391. The zero-order chi connectivity index (χ0) is 20.8. The summed E-state index contributed by atoms with van der Waals surface area (Å²) in [4.78, 5) is 29.5. The third-order valence-corrected chi connectivity index (χ3v) is 5.51. The number of ether oxygens (including phenoxy) is 2. The highest BCUT2D eigenvalue weighted by atomic mass is 32.1. The Morgan fingerprint density at radius 3 is 2.66 bits per heavy atom. The molecular formula is C22H24N2O4S. The summed E-state index contributed by atoms with van der Waals surface area (Å²) in [5.74, 6) is -0.0485. The van der Waals surface area contributed by atoms with Crippen molar-refractivity contribution < 1.29 is 19.1 Å². The lowest BCUT2D eigenvalue weighted by atomic mass is 10.2. The summed E-state index contributed by atoms with van der Waals surface area (Å²) in [5, 5.41) is 0. The van der Waals surface area contributed by atoms with Gasteiger partial charge in [-0.05, 0) is 49.7 Å². The van der Waals surface area contributed by atoms with Crippen LogP contribution in [0.2, 0.25) is 0 Å². The number of amides is 1. The number of aromatic nitrogens is 1. The lowest BCUT2D eigenvalue weighted by Gasteiger charge is -2.06. The van der Waals surface area contributed by atoms with Crippen molar-refractivity contribution in [3.05, 3.63) is 58.4 Å². The molecule has 0 aliphatic rings. The third-order valence-electron chi connectivity index (χ3n) is 4.46. The molecule has 0 fully saturated rings. The molecule has 0 spiro atoms. The molecule has 29 heavy (non-hydrogen) atoms. The molecule has 0 atom stereocenters. The minimum Gasteiger partial charge on any atom is -0.494 e. The van der Waals surface area contributed by atoms with Crippen LogP contribution in [0.1, 0.15) is 47.4 Å². The fourth-order valence-electron chi connectivity index (χ4n) is 2.91. The van der Waals surface area contributed by atoms with Gasteiger partial charge in [0.1, 0.15) is 5.75 Å². The monoisotopic (exact) mass is 412 g/mol. The molecule has 0 N–H and O–H groups in total.